The van der Waals surface area contributed by atoms with Crippen molar-refractivity contribution in [2.24, 2.45) is 5.73 Å². The molecule has 4 N–H and O–H groups in total. The second kappa shape index (κ2) is 3.49. The molecule has 0 unspecified atom stereocenters. The van der Waals surface area contributed by atoms with E-state index >= 15 is 0 Å². The van der Waals surface area contributed by atoms with Crippen LogP contribution in [0.2, 0.25) is 5.02 Å². The minimum atomic E-state index is -1.03. The van der Waals surface area contributed by atoms with Crippen LogP contribution in [0.1, 0.15) is 0 Å². The SMILES string of the molecule is NC(=O)Oc1ccc(F)c(N)c1Cl. The Balaban J connectivity index is 3.10. The normalized spacial score (nSPS) is 9.69. The van der Waals surface area contributed by atoms with Gasteiger partial charge < -0.3 is 16.2 Å². The predicted octanol–water partition coefficient (Wildman–Crippen LogP) is 1.52. The minimum absolute atomic E-state index is 0.0620. The van der Waals surface area contributed by atoms with Crippen molar-refractivity contribution >= 4 is 23.4 Å². The Labute approximate surface area is 78.2 Å². The third kappa shape index (κ3) is 2.00. The summed E-state index contributed by atoms with van der Waals surface area (Å²) in [6, 6.07) is 2.19. The maximum absolute atomic E-state index is 12.7. The average molecular weight is 205 g/mol. The van der Waals surface area contributed by atoms with Gasteiger partial charge in [-0.25, -0.2) is 9.18 Å². The van der Waals surface area contributed by atoms with Crippen molar-refractivity contribution in [1.29, 1.82) is 0 Å². The van der Waals surface area contributed by atoms with Gasteiger partial charge in [0.15, 0.2) is 5.75 Å². The lowest BCUT2D eigenvalue weighted by Crippen LogP contribution is -2.16. The largest absolute Gasteiger partial charge is 0.410 e. The molecule has 1 aromatic carbocycles. The second-order valence-corrected chi connectivity index (χ2v) is 2.57. The van der Waals surface area contributed by atoms with E-state index in [-0.39, 0.29) is 16.5 Å². The van der Waals surface area contributed by atoms with Crippen molar-refractivity contribution < 1.29 is 13.9 Å². The quantitative estimate of drug-likeness (QED) is 0.681. The van der Waals surface area contributed by atoms with Crippen molar-refractivity contribution in [2.45, 2.75) is 0 Å². The zero-order valence-electron chi connectivity index (χ0n) is 6.38. The van der Waals surface area contributed by atoms with Gasteiger partial charge in [-0.1, -0.05) is 11.6 Å². The number of nitrogen functional groups attached to an aromatic ring is 1. The van der Waals surface area contributed by atoms with Crippen LogP contribution in [-0.4, -0.2) is 6.09 Å². The summed E-state index contributed by atoms with van der Waals surface area (Å²) in [5.41, 5.74) is 9.67. The number of benzene rings is 1. The molecular weight excluding hydrogens is 199 g/mol. The van der Waals surface area contributed by atoms with Crippen molar-refractivity contribution in [2.75, 3.05) is 5.73 Å². The number of hydrogen-bond donors (Lipinski definition) is 2. The van der Waals surface area contributed by atoms with Gasteiger partial charge >= 0.3 is 6.09 Å². The molecule has 0 radical (unpaired) electrons. The molecular formula is C7H6ClFN2O2. The zero-order chi connectivity index (χ0) is 10.0. The first-order chi connectivity index (χ1) is 6.02. The molecule has 4 nitrogen and oxygen atoms in total. The molecule has 0 atom stereocenters. The molecule has 70 valence electrons. The molecule has 0 fully saturated rings. The van der Waals surface area contributed by atoms with Gasteiger partial charge in [0.1, 0.15) is 10.8 Å². The highest BCUT2D eigenvalue weighted by molar-refractivity contribution is 6.34. The van der Waals surface area contributed by atoms with Gasteiger partial charge in [-0.2, -0.15) is 0 Å². The van der Waals surface area contributed by atoms with Crippen molar-refractivity contribution in [3.8, 4) is 5.75 Å². The lowest BCUT2D eigenvalue weighted by molar-refractivity contribution is 0.211. The lowest BCUT2D eigenvalue weighted by Gasteiger charge is -2.05. The van der Waals surface area contributed by atoms with E-state index in [2.05, 4.69) is 4.74 Å². The van der Waals surface area contributed by atoms with Crippen LogP contribution < -0.4 is 16.2 Å². The molecule has 13 heavy (non-hydrogen) atoms. The van der Waals surface area contributed by atoms with Crippen LogP contribution in [0.15, 0.2) is 12.1 Å². The molecule has 1 aromatic rings. The van der Waals surface area contributed by atoms with Crippen LogP contribution in [0.3, 0.4) is 0 Å². The summed E-state index contributed by atoms with van der Waals surface area (Å²) < 4.78 is 17.2. The highest BCUT2D eigenvalue weighted by Gasteiger charge is 2.11. The van der Waals surface area contributed by atoms with Gasteiger partial charge in [-0.3, -0.25) is 0 Å². The monoisotopic (exact) mass is 204 g/mol. The number of anilines is 1. The molecule has 0 aliphatic rings. The van der Waals surface area contributed by atoms with Crippen molar-refractivity contribution in [3.63, 3.8) is 0 Å². The van der Waals surface area contributed by atoms with E-state index in [1.165, 1.54) is 6.07 Å². The van der Waals surface area contributed by atoms with Crippen LogP contribution in [0.25, 0.3) is 0 Å². The summed E-state index contributed by atoms with van der Waals surface area (Å²) in [5.74, 6) is -0.741. The Bertz CT molecular complexity index is 357. The molecule has 0 bridgehead atoms. The molecule has 0 spiro atoms. The molecule has 0 saturated carbocycles. The molecule has 0 heterocycles. The molecule has 0 aliphatic carbocycles. The fraction of sp³-hybridized carbons (Fsp3) is 0. The molecule has 0 aromatic heterocycles. The first kappa shape index (κ1) is 9.60. The number of hydrogen-bond acceptors (Lipinski definition) is 3. The van der Waals surface area contributed by atoms with Gasteiger partial charge in [-0.15, -0.1) is 0 Å². The number of rotatable bonds is 1. The van der Waals surface area contributed by atoms with Crippen LogP contribution in [-0.2, 0) is 0 Å². The van der Waals surface area contributed by atoms with Crippen LogP contribution in [0.5, 0.6) is 5.75 Å². The minimum Gasteiger partial charge on any atom is -0.409 e. The molecule has 6 heteroatoms. The van der Waals surface area contributed by atoms with Gasteiger partial charge in [0.05, 0.1) is 5.69 Å². The summed E-state index contributed by atoms with van der Waals surface area (Å²) in [7, 11) is 0. The van der Waals surface area contributed by atoms with Gasteiger partial charge in [0.2, 0.25) is 0 Å². The van der Waals surface area contributed by atoms with Crippen LogP contribution in [0, 0.1) is 5.82 Å². The van der Waals surface area contributed by atoms with E-state index in [0.29, 0.717) is 0 Å². The van der Waals surface area contributed by atoms with Gasteiger partial charge in [0.25, 0.3) is 0 Å². The molecule has 0 saturated heterocycles. The molecule has 1 amide bonds. The van der Waals surface area contributed by atoms with Crippen LogP contribution >= 0.6 is 11.6 Å². The fourth-order valence-electron chi connectivity index (χ4n) is 0.737. The predicted molar refractivity (Wildman–Crippen MR) is 46.0 cm³/mol. The summed E-state index contributed by atoms with van der Waals surface area (Å²) >= 11 is 5.54. The Morgan fingerprint density at radius 3 is 2.69 bits per heavy atom. The Hall–Kier alpha value is -1.49. The third-order valence-electron chi connectivity index (χ3n) is 1.30. The third-order valence-corrected chi connectivity index (χ3v) is 1.69. The van der Waals surface area contributed by atoms with E-state index in [1.54, 1.807) is 0 Å². The number of nitrogens with two attached hydrogens (primary N) is 2. The maximum atomic E-state index is 12.7. The number of ether oxygens (including phenoxy) is 1. The lowest BCUT2D eigenvalue weighted by atomic mass is 10.3. The van der Waals surface area contributed by atoms with Crippen molar-refractivity contribution in [1.82, 2.24) is 0 Å². The molecule has 0 aliphatic heterocycles. The van der Waals surface area contributed by atoms with E-state index in [0.717, 1.165) is 6.07 Å². The van der Waals surface area contributed by atoms with E-state index in [9.17, 15) is 9.18 Å². The number of carbonyl (C=O) groups is 1. The fourth-order valence-corrected chi connectivity index (χ4v) is 0.928. The Kier molecular flexibility index (Phi) is 2.57. The standard InChI is InChI=1S/C7H6ClFN2O2/c8-5-4(13-7(11)12)2-1-3(9)6(5)10/h1-2H,10H2,(H2,11,12). The first-order valence-electron chi connectivity index (χ1n) is 3.23. The first-order valence-corrected chi connectivity index (χ1v) is 3.61. The highest BCUT2D eigenvalue weighted by atomic mass is 35.5. The number of carbonyl (C=O) groups excluding carboxylic acids is 1. The average Bonchev–Trinajstić information content (AvgIpc) is 2.06. The molecule has 1 rings (SSSR count). The van der Waals surface area contributed by atoms with E-state index in [4.69, 9.17) is 23.1 Å². The summed E-state index contributed by atoms with van der Waals surface area (Å²) in [5, 5.41) is -0.168. The number of halogens is 2. The Morgan fingerprint density at radius 1 is 1.54 bits per heavy atom. The van der Waals surface area contributed by atoms with Gasteiger partial charge in [0, 0.05) is 0 Å². The van der Waals surface area contributed by atoms with Crippen LogP contribution in [0.4, 0.5) is 14.9 Å². The summed E-state index contributed by atoms with van der Waals surface area (Å²) in [6.07, 6.45) is -1.03. The zero-order valence-corrected chi connectivity index (χ0v) is 7.14. The number of amides is 1. The topological polar surface area (TPSA) is 78.3 Å². The summed E-state index contributed by atoms with van der Waals surface area (Å²) in [4.78, 5) is 10.3. The Morgan fingerprint density at radius 2 is 2.15 bits per heavy atom. The van der Waals surface area contributed by atoms with E-state index < -0.39 is 11.9 Å². The highest BCUT2D eigenvalue weighted by Crippen LogP contribution is 2.31. The maximum Gasteiger partial charge on any atom is 0.410 e. The van der Waals surface area contributed by atoms with E-state index in [1.807, 2.05) is 0 Å². The number of primary amides is 1. The smallest absolute Gasteiger partial charge is 0.409 e. The van der Waals surface area contributed by atoms with Gasteiger partial charge in [-0.05, 0) is 12.1 Å². The van der Waals surface area contributed by atoms with Crippen molar-refractivity contribution in [3.05, 3.63) is 23.0 Å². The summed E-state index contributed by atoms with van der Waals surface area (Å²) in [6.45, 7) is 0. The second-order valence-electron chi connectivity index (χ2n) is 2.19.